The normalized spacial score (nSPS) is 11.2. The standard InChI is InChI=1S/C23H19ClN4O4S/c24-19-9-2-4-11-21(19)28-33(31,32)17-7-5-6-15(12-17)23(30)27-26-22(29)13-16-14-25-20-10-3-1-8-18(16)20/h1-12,14,25,28H,13H2,(H,26,29)(H,27,30). The average Bonchev–Trinajstić information content (AvgIpc) is 3.22. The summed E-state index contributed by atoms with van der Waals surface area (Å²) < 4.78 is 27.8. The fourth-order valence-corrected chi connectivity index (χ4v) is 4.61. The van der Waals surface area contributed by atoms with Crippen LogP contribution in [0.15, 0.2) is 83.9 Å². The zero-order valence-corrected chi connectivity index (χ0v) is 18.7. The first kappa shape index (κ1) is 22.4. The molecule has 33 heavy (non-hydrogen) atoms. The molecule has 2 amide bonds. The lowest BCUT2D eigenvalue weighted by molar-refractivity contribution is -0.121. The molecule has 0 saturated heterocycles. The van der Waals surface area contributed by atoms with Crippen LogP contribution in [0.4, 0.5) is 5.69 Å². The van der Waals surface area contributed by atoms with E-state index in [9.17, 15) is 18.0 Å². The molecule has 4 N–H and O–H groups in total. The lowest BCUT2D eigenvalue weighted by atomic mass is 10.1. The Labute approximate surface area is 195 Å². The van der Waals surface area contributed by atoms with Crippen LogP contribution >= 0.6 is 11.6 Å². The second kappa shape index (κ2) is 9.35. The summed E-state index contributed by atoms with van der Waals surface area (Å²) in [6, 6.07) is 19.4. The molecule has 0 unspecified atom stereocenters. The van der Waals surface area contributed by atoms with Gasteiger partial charge in [0.05, 0.1) is 22.0 Å². The van der Waals surface area contributed by atoms with E-state index in [4.69, 9.17) is 11.6 Å². The van der Waals surface area contributed by atoms with E-state index in [2.05, 4.69) is 20.6 Å². The van der Waals surface area contributed by atoms with Crippen molar-refractivity contribution in [2.24, 2.45) is 0 Å². The summed E-state index contributed by atoms with van der Waals surface area (Å²) in [5, 5.41) is 1.16. The third-order valence-corrected chi connectivity index (χ3v) is 6.56. The number of H-pyrrole nitrogens is 1. The summed E-state index contributed by atoms with van der Waals surface area (Å²) in [6.07, 6.45) is 1.80. The van der Waals surface area contributed by atoms with Crippen LogP contribution in [0, 0.1) is 0 Å². The third-order valence-electron chi connectivity index (χ3n) is 4.87. The highest BCUT2D eigenvalue weighted by molar-refractivity contribution is 7.92. The number of para-hydroxylation sites is 2. The van der Waals surface area contributed by atoms with Crippen LogP contribution in [0.25, 0.3) is 10.9 Å². The van der Waals surface area contributed by atoms with Gasteiger partial charge in [-0.3, -0.25) is 25.2 Å². The number of carbonyl (C=O) groups excluding carboxylic acids is 2. The Bertz CT molecular complexity index is 1450. The van der Waals surface area contributed by atoms with Gasteiger partial charge in [-0.05, 0) is 42.0 Å². The van der Waals surface area contributed by atoms with Gasteiger partial charge < -0.3 is 4.98 Å². The first-order chi connectivity index (χ1) is 15.8. The van der Waals surface area contributed by atoms with Gasteiger partial charge in [0, 0.05) is 22.7 Å². The van der Waals surface area contributed by atoms with E-state index in [1.54, 1.807) is 24.4 Å². The van der Waals surface area contributed by atoms with E-state index >= 15 is 0 Å². The van der Waals surface area contributed by atoms with Crippen molar-refractivity contribution in [3.63, 3.8) is 0 Å². The third kappa shape index (κ3) is 5.16. The maximum atomic E-state index is 12.7. The maximum Gasteiger partial charge on any atom is 0.269 e. The van der Waals surface area contributed by atoms with Crippen LogP contribution in [0.3, 0.4) is 0 Å². The molecule has 0 fully saturated rings. The quantitative estimate of drug-likeness (QED) is 0.314. The van der Waals surface area contributed by atoms with Gasteiger partial charge in [-0.15, -0.1) is 0 Å². The lowest BCUT2D eigenvalue weighted by Crippen LogP contribution is -2.42. The highest BCUT2D eigenvalue weighted by atomic mass is 35.5. The molecular weight excluding hydrogens is 464 g/mol. The number of amides is 2. The Balaban J connectivity index is 1.41. The summed E-state index contributed by atoms with van der Waals surface area (Å²) in [4.78, 5) is 27.7. The molecule has 4 aromatic rings. The molecule has 0 bridgehead atoms. The molecule has 0 spiro atoms. The minimum Gasteiger partial charge on any atom is -0.361 e. The van der Waals surface area contributed by atoms with Crippen molar-refractivity contribution in [3.05, 3.63) is 95.1 Å². The fraction of sp³-hybridized carbons (Fsp3) is 0.0435. The van der Waals surface area contributed by atoms with Crippen molar-refractivity contribution in [2.45, 2.75) is 11.3 Å². The van der Waals surface area contributed by atoms with E-state index in [1.165, 1.54) is 30.3 Å². The van der Waals surface area contributed by atoms with E-state index < -0.39 is 21.8 Å². The van der Waals surface area contributed by atoms with Crippen molar-refractivity contribution in [2.75, 3.05) is 4.72 Å². The first-order valence-electron chi connectivity index (χ1n) is 9.85. The van der Waals surface area contributed by atoms with E-state index in [0.717, 1.165) is 16.5 Å². The molecule has 0 saturated carbocycles. The van der Waals surface area contributed by atoms with Crippen LogP contribution in [0.2, 0.25) is 5.02 Å². The number of hydrazine groups is 1. The number of aromatic amines is 1. The van der Waals surface area contributed by atoms with E-state index in [1.807, 2.05) is 24.3 Å². The highest BCUT2D eigenvalue weighted by Gasteiger charge is 2.18. The van der Waals surface area contributed by atoms with Crippen molar-refractivity contribution in [1.82, 2.24) is 15.8 Å². The highest BCUT2D eigenvalue weighted by Crippen LogP contribution is 2.24. The number of hydrogen-bond donors (Lipinski definition) is 4. The van der Waals surface area contributed by atoms with E-state index in [0.29, 0.717) is 0 Å². The van der Waals surface area contributed by atoms with Gasteiger partial charge in [-0.25, -0.2) is 8.42 Å². The minimum absolute atomic E-state index is 0.0560. The number of carbonyl (C=O) groups is 2. The van der Waals surface area contributed by atoms with Crippen molar-refractivity contribution >= 4 is 50.0 Å². The number of fused-ring (bicyclic) bond motifs is 1. The Kier molecular flexibility index (Phi) is 6.34. The Morgan fingerprint density at radius 2 is 1.67 bits per heavy atom. The SMILES string of the molecule is O=C(Cc1c[nH]c2ccccc12)NNC(=O)c1cccc(S(=O)(=O)Nc2ccccc2Cl)c1. The predicted molar refractivity (Wildman–Crippen MR) is 126 cm³/mol. The molecule has 4 rings (SSSR count). The summed E-state index contributed by atoms with van der Waals surface area (Å²) in [5.41, 5.74) is 6.64. The summed E-state index contributed by atoms with van der Waals surface area (Å²) in [5.74, 6) is -1.07. The van der Waals surface area contributed by atoms with Gasteiger partial charge in [-0.2, -0.15) is 0 Å². The molecule has 8 nitrogen and oxygen atoms in total. The Morgan fingerprint density at radius 1 is 0.909 bits per heavy atom. The minimum atomic E-state index is -3.98. The number of benzene rings is 3. The van der Waals surface area contributed by atoms with Crippen LogP contribution in [-0.4, -0.2) is 25.2 Å². The molecule has 0 aliphatic carbocycles. The maximum absolute atomic E-state index is 12.7. The second-order valence-corrected chi connectivity index (χ2v) is 9.24. The van der Waals surface area contributed by atoms with Crippen molar-refractivity contribution in [3.8, 4) is 0 Å². The van der Waals surface area contributed by atoms with E-state index in [-0.39, 0.29) is 27.6 Å². The van der Waals surface area contributed by atoms with Crippen molar-refractivity contribution in [1.29, 1.82) is 0 Å². The summed E-state index contributed by atoms with van der Waals surface area (Å²) in [7, 11) is -3.98. The molecular formula is C23H19ClN4O4S. The molecule has 0 atom stereocenters. The molecule has 0 aliphatic rings. The van der Waals surface area contributed by atoms with Gasteiger partial charge in [0.15, 0.2) is 0 Å². The number of rotatable bonds is 6. The Morgan fingerprint density at radius 3 is 2.48 bits per heavy atom. The summed E-state index contributed by atoms with van der Waals surface area (Å²) in [6.45, 7) is 0. The zero-order valence-electron chi connectivity index (χ0n) is 17.1. The molecule has 0 aliphatic heterocycles. The van der Waals surface area contributed by atoms with Gasteiger partial charge in [0.1, 0.15) is 0 Å². The largest absolute Gasteiger partial charge is 0.361 e. The molecule has 10 heteroatoms. The predicted octanol–water partition coefficient (Wildman–Crippen LogP) is 3.63. The second-order valence-electron chi connectivity index (χ2n) is 7.15. The molecule has 3 aromatic carbocycles. The lowest BCUT2D eigenvalue weighted by Gasteiger charge is -2.11. The van der Waals surface area contributed by atoms with Crippen LogP contribution in [0.5, 0.6) is 0 Å². The number of nitrogens with one attached hydrogen (secondary N) is 4. The van der Waals surface area contributed by atoms with Gasteiger partial charge in [-0.1, -0.05) is 48.0 Å². The number of anilines is 1. The van der Waals surface area contributed by atoms with Crippen LogP contribution < -0.4 is 15.6 Å². The van der Waals surface area contributed by atoms with Crippen molar-refractivity contribution < 1.29 is 18.0 Å². The van der Waals surface area contributed by atoms with Crippen LogP contribution in [0.1, 0.15) is 15.9 Å². The fourth-order valence-electron chi connectivity index (χ4n) is 3.25. The number of halogens is 1. The number of aromatic nitrogens is 1. The average molecular weight is 483 g/mol. The molecule has 1 aromatic heterocycles. The van der Waals surface area contributed by atoms with Gasteiger partial charge in [0.2, 0.25) is 5.91 Å². The smallest absolute Gasteiger partial charge is 0.269 e. The first-order valence-corrected chi connectivity index (χ1v) is 11.7. The molecule has 1 heterocycles. The summed E-state index contributed by atoms with van der Waals surface area (Å²) >= 11 is 6.02. The van der Waals surface area contributed by atoms with Gasteiger partial charge in [0.25, 0.3) is 15.9 Å². The number of hydrogen-bond acceptors (Lipinski definition) is 4. The van der Waals surface area contributed by atoms with Gasteiger partial charge >= 0.3 is 0 Å². The zero-order chi connectivity index (χ0) is 23.4. The molecule has 168 valence electrons. The number of sulfonamides is 1. The topological polar surface area (TPSA) is 120 Å². The Hall–Kier alpha value is -3.82. The van der Waals surface area contributed by atoms with Crippen LogP contribution in [-0.2, 0) is 21.2 Å². The molecule has 0 radical (unpaired) electrons. The monoisotopic (exact) mass is 482 g/mol.